The number of nitrogens with zero attached hydrogens (tertiary/aromatic N) is 3. The van der Waals surface area contributed by atoms with Gasteiger partial charge in [0.15, 0.2) is 0 Å². The highest BCUT2D eigenvalue weighted by atomic mass is 15.3. The molecule has 0 atom stereocenters. The van der Waals surface area contributed by atoms with Crippen molar-refractivity contribution >= 4 is 11.6 Å². The van der Waals surface area contributed by atoms with Crippen LogP contribution in [0, 0.1) is 0 Å². The summed E-state index contributed by atoms with van der Waals surface area (Å²) in [5.74, 6) is 7.42. The van der Waals surface area contributed by atoms with Crippen LogP contribution in [-0.2, 0) is 0 Å². The minimum atomic E-state index is 0.321. The Morgan fingerprint density at radius 1 is 1.26 bits per heavy atom. The quantitative estimate of drug-likeness (QED) is 0.532. The number of rotatable bonds is 6. The van der Waals surface area contributed by atoms with E-state index in [1.807, 2.05) is 0 Å². The van der Waals surface area contributed by atoms with E-state index >= 15 is 0 Å². The Labute approximate surface area is 114 Å². The van der Waals surface area contributed by atoms with Gasteiger partial charge in [-0.15, -0.1) is 0 Å². The molecule has 2 heterocycles. The third-order valence-corrected chi connectivity index (χ3v) is 3.52. The van der Waals surface area contributed by atoms with Crippen molar-refractivity contribution in [2.75, 3.05) is 36.9 Å². The van der Waals surface area contributed by atoms with Gasteiger partial charge in [0.05, 0.1) is 0 Å². The summed E-state index contributed by atoms with van der Waals surface area (Å²) in [6.07, 6.45) is 4.19. The first-order valence-corrected chi connectivity index (χ1v) is 7.00. The Morgan fingerprint density at radius 3 is 2.58 bits per heavy atom. The highest BCUT2D eigenvalue weighted by molar-refractivity contribution is 5.58. The molecule has 6 nitrogen and oxygen atoms in total. The van der Waals surface area contributed by atoms with Gasteiger partial charge in [-0.1, -0.05) is 13.8 Å². The number of anilines is 2. The van der Waals surface area contributed by atoms with Crippen LogP contribution in [0.3, 0.4) is 0 Å². The molecule has 0 unspecified atom stereocenters. The van der Waals surface area contributed by atoms with Gasteiger partial charge in [0, 0.05) is 18.7 Å². The molecule has 4 N–H and O–H groups in total. The molecule has 0 spiro atoms. The minimum Gasteiger partial charge on any atom is -0.368 e. The summed E-state index contributed by atoms with van der Waals surface area (Å²) in [4.78, 5) is 11.0. The van der Waals surface area contributed by atoms with Crippen molar-refractivity contribution < 1.29 is 0 Å². The van der Waals surface area contributed by atoms with Gasteiger partial charge in [0.2, 0.25) is 0 Å². The molecule has 0 aliphatic carbocycles. The molecule has 1 aromatic heterocycles. The normalized spacial score (nSPS) is 16.0. The van der Waals surface area contributed by atoms with Gasteiger partial charge in [-0.3, -0.25) is 0 Å². The zero-order valence-corrected chi connectivity index (χ0v) is 11.8. The molecular formula is C13H24N6. The van der Waals surface area contributed by atoms with Crippen LogP contribution in [0.1, 0.15) is 38.2 Å². The molecule has 1 aromatic rings. The predicted octanol–water partition coefficient (Wildman–Crippen LogP) is 1.39. The van der Waals surface area contributed by atoms with Crippen molar-refractivity contribution in [2.24, 2.45) is 5.84 Å². The van der Waals surface area contributed by atoms with Crippen LogP contribution < -0.4 is 16.6 Å². The molecule has 19 heavy (non-hydrogen) atoms. The monoisotopic (exact) mass is 264 g/mol. The number of nitrogen functional groups attached to an aromatic ring is 1. The van der Waals surface area contributed by atoms with E-state index in [9.17, 15) is 0 Å². The maximum atomic E-state index is 5.51. The van der Waals surface area contributed by atoms with Crippen molar-refractivity contribution in [1.29, 1.82) is 0 Å². The zero-order chi connectivity index (χ0) is 13.7. The number of nitrogens with one attached hydrogen (secondary N) is 2. The Balaban J connectivity index is 1.98. The second-order valence-corrected chi connectivity index (χ2v) is 5.26. The van der Waals surface area contributed by atoms with Gasteiger partial charge < -0.3 is 15.6 Å². The fraction of sp³-hybridized carbons (Fsp3) is 0.692. The molecular weight excluding hydrogens is 240 g/mol. The lowest BCUT2D eigenvalue weighted by atomic mass is 10.0. The number of hydrogen-bond acceptors (Lipinski definition) is 6. The third kappa shape index (κ3) is 3.54. The number of nitrogens with two attached hydrogens (primary N) is 1. The molecule has 1 fully saturated rings. The third-order valence-electron chi connectivity index (χ3n) is 3.52. The van der Waals surface area contributed by atoms with E-state index in [1.165, 1.54) is 25.9 Å². The predicted molar refractivity (Wildman–Crippen MR) is 78.1 cm³/mol. The molecule has 0 aromatic carbocycles. The second kappa shape index (κ2) is 6.68. The molecule has 1 saturated heterocycles. The molecule has 0 saturated carbocycles. The van der Waals surface area contributed by atoms with Crippen LogP contribution in [-0.4, -0.2) is 41.0 Å². The van der Waals surface area contributed by atoms with E-state index in [0.29, 0.717) is 11.7 Å². The van der Waals surface area contributed by atoms with Gasteiger partial charge in [-0.2, -0.15) is 0 Å². The zero-order valence-electron chi connectivity index (χ0n) is 11.8. The van der Waals surface area contributed by atoms with E-state index in [0.717, 1.165) is 24.5 Å². The van der Waals surface area contributed by atoms with E-state index in [2.05, 4.69) is 39.5 Å². The highest BCUT2D eigenvalue weighted by Crippen LogP contribution is 2.27. The van der Waals surface area contributed by atoms with Gasteiger partial charge >= 0.3 is 0 Å². The summed E-state index contributed by atoms with van der Waals surface area (Å²) < 4.78 is 0. The van der Waals surface area contributed by atoms with Crippen LogP contribution in [0.25, 0.3) is 0 Å². The molecule has 1 aliphatic heterocycles. The summed E-state index contributed by atoms with van der Waals surface area (Å²) in [6, 6.07) is 0. The van der Waals surface area contributed by atoms with E-state index < -0.39 is 0 Å². The molecule has 0 amide bonds. The maximum absolute atomic E-state index is 5.51. The minimum absolute atomic E-state index is 0.321. The topological polar surface area (TPSA) is 79.1 Å². The first-order valence-electron chi connectivity index (χ1n) is 7.00. The lowest BCUT2D eigenvalue weighted by Gasteiger charge is -2.18. The average molecular weight is 264 g/mol. The molecule has 106 valence electrons. The first-order chi connectivity index (χ1) is 9.22. The highest BCUT2D eigenvalue weighted by Gasteiger charge is 2.15. The van der Waals surface area contributed by atoms with Gasteiger partial charge in [-0.05, 0) is 31.8 Å². The summed E-state index contributed by atoms with van der Waals surface area (Å²) in [5, 5.41) is 3.41. The van der Waals surface area contributed by atoms with E-state index in [4.69, 9.17) is 5.84 Å². The Bertz CT molecular complexity index is 400. The Hall–Kier alpha value is -1.40. The van der Waals surface area contributed by atoms with Crippen LogP contribution in [0.5, 0.6) is 0 Å². The smallest absolute Gasteiger partial charge is 0.148 e. The fourth-order valence-electron chi connectivity index (χ4n) is 2.54. The Morgan fingerprint density at radius 2 is 1.95 bits per heavy atom. The summed E-state index contributed by atoms with van der Waals surface area (Å²) in [7, 11) is 0. The van der Waals surface area contributed by atoms with E-state index in [1.54, 1.807) is 6.33 Å². The standard InChI is InChI=1S/C13H24N6/c1-10(2)11-12(16-9-17-13(11)18-14)15-5-8-19-6-3-4-7-19/h9-10H,3-8,14H2,1-2H3,(H2,15,16,17,18). The molecule has 6 heteroatoms. The molecule has 2 rings (SSSR count). The molecule has 1 aliphatic rings. The van der Waals surface area contributed by atoms with Crippen molar-refractivity contribution in [1.82, 2.24) is 14.9 Å². The summed E-state index contributed by atoms with van der Waals surface area (Å²) >= 11 is 0. The van der Waals surface area contributed by atoms with Crippen molar-refractivity contribution in [2.45, 2.75) is 32.6 Å². The average Bonchev–Trinajstić information content (AvgIpc) is 2.91. The van der Waals surface area contributed by atoms with Gasteiger partial charge in [0.25, 0.3) is 0 Å². The van der Waals surface area contributed by atoms with Crippen LogP contribution in [0.4, 0.5) is 11.6 Å². The number of likely N-dealkylation sites (tertiary alicyclic amines) is 1. The van der Waals surface area contributed by atoms with E-state index in [-0.39, 0.29) is 0 Å². The maximum Gasteiger partial charge on any atom is 0.148 e. The Kier molecular flexibility index (Phi) is 4.93. The largest absolute Gasteiger partial charge is 0.368 e. The van der Waals surface area contributed by atoms with Crippen LogP contribution in [0.15, 0.2) is 6.33 Å². The number of hydrazine groups is 1. The first kappa shape index (κ1) is 14.0. The lowest BCUT2D eigenvalue weighted by molar-refractivity contribution is 0.352. The van der Waals surface area contributed by atoms with Crippen molar-refractivity contribution in [3.05, 3.63) is 11.9 Å². The molecule has 0 radical (unpaired) electrons. The summed E-state index contributed by atoms with van der Waals surface area (Å²) in [5.41, 5.74) is 3.69. The summed E-state index contributed by atoms with van der Waals surface area (Å²) in [6.45, 7) is 8.64. The number of hydrogen-bond donors (Lipinski definition) is 3. The van der Waals surface area contributed by atoms with Gasteiger partial charge in [0.1, 0.15) is 18.0 Å². The lowest BCUT2D eigenvalue weighted by Crippen LogP contribution is -2.26. The molecule has 0 bridgehead atoms. The van der Waals surface area contributed by atoms with Crippen LogP contribution >= 0.6 is 0 Å². The fourth-order valence-corrected chi connectivity index (χ4v) is 2.54. The SMILES string of the molecule is CC(C)c1c(NN)ncnc1NCCN1CCCC1. The second-order valence-electron chi connectivity index (χ2n) is 5.26. The van der Waals surface area contributed by atoms with Crippen molar-refractivity contribution in [3.63, 3.8) is 0 Å². The number of aromatic nitrogens is 2. The van der Waals surface area contributed by atoms with Crippen molar-refractivity contribution in [3.8, 4) is 0 Å². The van der Waals surface area contributed by atoms with Gasteiger partial charge in [-0.25, -0.2) is 15.8 Å². The van der Waals surface area contributed by atoms with Crippen LogP contribution in [0.2, 0.25) is 0 Å².